The van der Waals surface area contributed by atoms with Crippen LogP contribution in [0.5, 0.6) is 0 Å². The minimum absolute atomic E-state index is 0.0255. The van der Waals surface area contributed by atoms with Crippen molar-refractivity contribution in [2.24, 2.45) is 0 Å². The van der Waals surface area contributed by atoms with Gasteiger partial charge in [-0.25, -0.2) is 4.39 Å². The molecule has 3 aromatic rings. The maximum absolute atomic E-state index is 13.8. The minimum atomic E-state index is -0.864. The molecule has 166 valence electrons. The SMILES string of the molecule is CCN(CC)CCN1C(=O)c2oc3ccc(F)cc3c(=O)c2C1c1cccc([N+](=O)[O-])c1. The van der Waals surface area contributed by atoms with Crippen molar-refractivity contribution in [3.05, 3.63) is 85.5 Å². The summed E-state index contributed by atoms with van der Waals surface area (Å²) in [6, 6.07) is 8.55. The highest BCUT2D eigenvalue weighted by molar-refractivity contribution is 5.99. The van der Waals surface area contributed by atoms with Crippen LogP contribution < -0.4 is 5.43 Å². The second-order valence-electron chi connectivity index (χ2n) is 7.59. The lowest BCUT2D eigenvalue weighted by molar-refractivity contribution is -0.384. The molecule has 32 heavy (non-hydrogen) atoms. The van der Waals surface area contributed by atoms with E-state index in [1.54, 1.807) is 6.07 Å². The molecule has 9 heteroatoms. The van der Waals surface area contributed by atoms with Crippen molar-refractivity contribution >= 4 is 22.6 Å². The quantitative estimate of drug-likeness (QED) is 0.411. The number of fused-ring (bicyclic) bond motifs is 2. The van der Waals surface area contributed by atoms with Gasteiger partial charge in [0.2, 0.25) is 5.76 Å². The van der Waals surface area contributed by atoms with Gasteiger partial charge in [0.05, 0.1) is 21.9 Å². The Morgan fingerprint density at radius 3 is 2.59 bits per heavy atom. The Morgan fingerprint density at radius 1 is 1.16 bits per heavy atom. The average molecular weight is 439 g/mol. The third-order valence-electron chi connectivity index (χ3n) is 5.88. The van der Waals surface area contributed by atoms with Crippen molar-refractivity contribution in [3.8, 4) is 0 Å². The van der Waals surface area contributed by atoms with Gasteiger partial charge < -0.3 is 14.2 Å². The molecule has 8 nitrogen and oxygen atoms in total. The number of carbonyl (C=O) groups excluding carboxylic acids is 1. The summed E-state index contributed by atoms with van der Waals surface area (Å²) in [5.41, 5.74) is -0.0480. The predicted octanol–water partition coefficient (Wildman–Crippen LogP) is 3.73. The van der Waals surface area contributed by atoms with E-state index in [1.165, 1.54) is 29.2 Å². The third kappa shape index (κ3) is 3.64. The summed E-state index contributed by atoms with van der Waals surface area (Å²) < 4.78 is 19.6. The van der Waals surface area contributed by atoms with Crippen LogP contribution in [0.3, 0.4) is 0 Å². The van der Waals surface area contributed by atoms with Crippen LogP contribution in [0.15, 0.2) is 51.7 Å². The molecule has 1 aromatic heterocycles. The van der Waals surface area contributed by atoms with Gasteiger partial charge in [0, 0.05) is 25.2 Å². The topological polar surface area (TPSA) is 96.9 Å². The fourth-order valence-electron chi connectivity index (χ4n) is 4.17. The Labute approximate surface area is 183 Å². The number of halogens is 1. The Bertz CT molecular complexity index is 1270. The first-order valence-corrected chi connectivity index (χ1v) is 10.4. The predicted molar refractivity (Wildman–Crippen MR) is 116 cm³/mol. The summed E-state index contributed by atoms with van der Waals surface area (Å²) in [6.45, 7) is 6.44. The van der Waals surface area contributed by atoms with E-state index >= 15 is 0 Å². The molecule has 0 spiro atoms. The lowest BCUT2D eigenvalue weighted by atomic mass is 9.98. The molecular weight excluding hydrogens is 417 g/mol. The summed E-state index contributed by atoms with van der Waals surface area (Å²) in [4.78, 5) is 41.1. The minimum Gasteiger partial charge on any atom is -0.450 e. The number of non-ortho nitro benzene ring substituents is 1. The van der Waals surface area contributed by atoms with Crippen molar-refractivity contribution in [3.63, 3.8) is 0 Å². The first kappa shape index (κ1) is 21.6. The zero-order valence-electron chi connectivity index (χ0n) is 17.7. The molecule has 1 aliphatic heterocycles. The monoisotopic (exact) mass is 439 g/mol. The Morgan fingerprint density at radius 2 is 1.91 bits per heavy atom. The molecule has 1 atom stereocenters. The number of nitro groups is 1. The zero-order valence-corrected chi connectivity index (χ0v) is 17.7. The fraction of sp³-hybridized carbons (Fsp3) is 0.304. The molecule has 0 aliphatic carbocycles. The zero-order chi connectivity index (χ0) is 23.0. The Balaban J connectivity index is 1.90. The van der Waals surface area contributed by atoms with Gasteiger partial charge in [-0.05, 0) is 36.9 Å². The lowest BCUT2D eigenvalue weighted by Gasteiger charge is -2.28. The molecule has 1 aliphatic rings. The number of hydrogen-bond acceptors (Lipinski definition) is 6. The number of rotatable bonds is 7. The smallest absolute Gasteiger partial charge is 0.290 e. The van der Waals surface area contributed by atoms with Crippen LogP contribution in [0, 0.1) is 15.9 Å². The second kappa shape index (κ2) is 8.51. The number of carbonyl (C=O) groups is 1. The van der Waals surface area contributed by atoms with Gasteiger partial charge in [-0.1, -0.05) is 26.0 Å². The molecule has 4 rings (SSSR count). The number of benzene rings is 2. The molecule has 2 aromatic carbocycles. The number of hydrogen-bond donors (Lipinski definition) is 0. The molecule has 1 unspecified atom stereocenters. The van der Waals surface area contributed by atoms with Crippen molar-refractivity contribution in [2.75, 3.05) is 26.2 Å². The molecule has 1 amide bonds. The summed E-state index contributed by atoms with van der Waals surface area (Å²) in [5, 5.41) is 11.4. The maximum atomic E-state index is 13.8. The van der Waals surface area contributed by atoms with E-state index < -0.39 is 28.1 Å². The highest BCUT2D eigenvalue weighted by atomic mass is 19.1. The normalized spacial score (nSPS) is 15.6. The number of likely N-dealkylation sites (N-methyl/N-ethyl adjacent to an activating group) is 1. The van der Waals surface area contributed by atoms with Crippen molar-refractivity contribution in [1.29, 1.82) is 0 Å². The van der Waals surface area contributed by atoms with Crippen LogP contribution in [0.2, 0.25) is 0 Å². The van der Waals surface area contributed by atoms with Crippen LogP contribution in [0.1, 0.15) is 41.6 Å². The lowest BCUT2D eigenvalue weighted by Crippen LogP contribution is -2.37. The maximum Gasteiger partial charge on any atom is 0.290 e. The average Bonchev–Trinajstić information content (AvgIpc) is 3.07. The van der Waals surface area contributed by atoms with E-state index in [0.29, 0.717) is 18.7 Å². The first-order valence-electron chi connectivity index (χ1n) is 10.4. The fourth-order valence-corrected chi connectivity index (χ4v) is 4.17. The van der Waals surface area contributed by atoms with E-state index in [0.717, 1.165) is 25.2 Å². The standard InChI is InChI=1S/C23H22FN3O5/c1-3-25(4-2)10-11-26-20(14-6-5-7-16(12-14)27(30)31)19-21(28)17-13-15(24)8-9-18(17)32-22(19)23(26)29/h5-9,12-13,20H,3-4,10-11H2,1-2H3. The number of amides is 1. The van der Waals surface area contributed by atoms with Gasteiger partial charge in [-0.2, -0.15) is 0 Å². The molecule has 0 saturated heterocycles. The summed E-state index contributed by atoms with van der Waals surface area (Å²) in [5.74, 6) is -1.17. The molecule has 2 heterocycles. The summed E-state index contributed by atoms with van der Waals surface area (Å²) >= 11 is 0. The van der Waals surface area contributed by atoms with Crippen LogP contribution in [0.25, 0.3) is 11.0 Å². The van der Waals surface area contributed by atoms with E-state index in [1.807, 2.05) is 13.8 Å². The molecule has 0 bridgehead atoms. The van der Waals surface area contributed by atoms with Gasteiger partial charge in [0.15, 0.2) is 5.43 Å². The molecule has 0 N–H and O–H groups in total. The summed E-state index contributed by atoms with van der Waals surface area (Å²) in [7, 11) is 0. The van der Waals surface area contributed by atoms with Gasteiger partial charge in [0.25, 0.3) is 11.6 Å². The largest absolute Gasteiger partial charge is 0.450 e. The van der Waals surface area contributed by atoms with Crippen molar-refractivity contribution < 1.29 is 18.5 Å². The van der Waals surface area contributed by atoms with Crippen LogP contribution in [-0.2, 0) is 0 Å². The second-order valence-corrected chi connectivity index (χ2v) is 7.59. The highest BCUT2D eigenvalue weighted by Crippen LogP contribution is 2.38. The highest BCUT2D eigenvalue weighted by Gasteiger charge is 2.43. The van der Waals surface area contributed by atoms with Gasteiger partial charge in [0.1, 0.15) is 11.4 Å². The van der Waals surface area contributed by atoms with Gasteiger partial charge >= 0.3 is 0 Å². The number of nitro benzene ring substituents is 1. The van der Waals surface area contributed by atoms with Gasteiger partial charge in [-0.3, -0.25) is 19.7 Å². The third-order valence-corrected chi connectivity index (χ3v) is 5.88. The van der Waals surface area contributed by atoms with E-state index in [4.69, 9.17) is 4.42 Å². The van der Waals surface area contributed by atoms with Crippen LogP contribution >= 0.6 is 0 Å². The van der Waals surface area contributed by atoms with Gasteiger partial charge in [-0.15, -0.1) is 0 Å². The number of nitrogens with zero attached hydrogens (tertiary/aromatic N) is 3. The van der Waals surface area contributed by atoms with Crippen LogP contribution in [0.4, 0.5) is 10.1 Å². The molecule has 0 fully saturated rings. The van der Waals surface area contributed by atoms with Crippen molar-refractivity contribution in [2.45, 2.75) is 19.9 Å². The molecular formula is C23H22FN3O5. The molecule has 0 saturated carbocycles. The van der Waals surface area contributed by atoms with E-state index in [9.17, 15) is 24.1 Å². The van der Waals surface area contributed by atoms with Crippen molar-refractivity contribution in [1.82, 2.24) is 9.80 Å². The van der Waals surface area contributed by atoms with E-state index in [-0.39, 0.29) is 28.0 Å². The van der Waals surface area contributed by atoms with Crippen LogP contribution in [-0.4, -0.2) is 46.8 Å². The first-order chi connectivity index (χ1) is 15.3. The van der Waals surface area contributed by atoms with E-state index in [2.05, 4.69) is 4.90 Å². The Kier molecular flexibility index (Phi) is 5.75. The summed E-state index contributed by atoms with van der Waals surface area (Å²) in [6.07, 6.45) is 0. The Hall–Kier alpha value is -3.59. The molecule has 0 radical (unpaired) electrons.